The second-order valence-corrected chi connectivity index (χ2v) is 5.16. The first-order valence-corrected chi connectivity index (χ1v) is 7.38. The lowest BCUT2D eigenvalue weighted by Crippen LogP contribution is -2.26. The van der Waals surface area contributed by atoms with Crippen LogP contribution in [0.3, 0.4) is 0 Å². The van der Waals surface area contributed by atoms with E-state index in [0.717, 1.165) is 25.9 Å². The van der Waals surface area contributed by atoms with E-state index < -0.39 is 5.97 Å². The maximum absolute atomic E-state index is 12.1. The van der Waals surface area contributed by atoms with Crippen molar-refractivity contribution in [2.45, 2.75) is 45.6 Å². The normalized spacial score (nSPS) is 18.3. The lowest BCUT2D eigenvalue weighted by Gasteiger charge is -2.21. The van der Waals surface area contributed by atoms with E-state index in [1.54, 1.807) is 20.0 Å². The van der Waals surface area contributed by atoms with Gasteiger partial charge in [-0.05, 0) is 33.1 Å². The molecule has 2 heterocycles. The summed E-state index contributed by atoms with van der Waals surface area (Å²) in [6.07, 6.45) is 4.96. The second-order valence-electron chi connectivity index (χ2n) is 5.16. The highest BCUT2D eigenvalue weighted by molar-refractivity contribution is 6.02. The Balaban J connectivity index is 1.98. The van der Waals surface area contributed by atoms with E-state index in [0.29, 0.717) is 30.0 Å². The van der Waals surface area contributed by atoms with Crippen LogP contribution in [0.15, 0.2) is 6.20 Å². The first-order chi connectivity index (χ1) is 10.1. The van der Waals surface area contributed by atoms with Gasteiger partial charge >= 0.3 is 5.97 Å². The molecule has 1 unspecified atom stereocenters. The lowest BCUT2D eigenvalue weighted by molar-refractivity contribution is -0.119. The van der Waals surface area contributed by atoms with Crippen LogP contribution in [0.4, 0.5) is 5.69 Å². The minimum atomic E-state index is -0.430. The fourth-order valence-corrected chi connectivity index (χ4v) is 2.47. The van der Waals surface area contributed by atoms with E-state index >= 15 is 0 Å². The Morgan fingerprint density at radius 2 is 2.29 bits per heavy atom. The van der Waals surface area contributed by atoms with Crippen molar-refractivity contribution in [3.05, 3.63) is 17.5 Å². The van der Waals surface area contributed by atoms with Gasteiger partial charge in [-0.3, -0.25) is 4.79 Å². The van der Waals surface area contributed by atoms with Crippen molar-refractivity contribution >= 4 is 17.6 Å². The summed E-state index contributed by atoms with van der Waals surface area (Å²) in [6.45, 7) is 4.53. The Hall–Kier alpha value is -1.82. The van der Waals surface area contributed by atoms with Crippen molar-refractivity contribution in [3.8, 4) is 0 Å². The third kappa shape index (κ3) is 4.07. The third-order valence-corrected chi connectivity index (χ3v) is 3.52. The van der Waals surface area contributed by atoms with Crippen LogP contribution < -0.4 is 5.32 Å². The van der Waals surface area contributed by atoms with E-state index in [1.165, 1.54) is 0 Å². The van der Waals surface area contributed by atoms with Gasteiger partial charge < -0.3 is 19.8 Å². The number of aromatic amines is 1. The average Bonchev–Trinajstić information content (AvgIpc) is 2.81. The van der Waals surface area contributed by atoms with Crippen molar-refractivity contribution in [1.29, 1.82) is 0 Å². The van der Waals surface area contributed by atoms with E-state index in [1.807, 2.05) is 0 Å². The molecule has 0 saturated carbocycles. The fourth-order valence-electron chi connectivity index (χ4n) is 2.47. The van der Waals surface area contributed by atoms with Crippen molar-refractivity contribution in [2.75, 3.05) is 18.5 Å². The Morgan fingerprint density at radius 3 is 2.95 bits per heavy atom. The summed E-state index contributed by atoms with van der Waals surface area (Å²) in [5, 5.41) is 2.77. The molecule has 21 heavy (non-hydrogen) atoms. The van der Waals surface area contributed by atoms with Crippen LogP contribution in [0.1, 0.15) is 48.7 Å². The van der Waals surface area contributed by atoms with Crippen LogP contribution in [0, 0.1) is 6.92 Å². The molecule has 2 N–H and O–H groups in total. The molecule has 1 aromatic heterocycles. The number of aromatic nitrogens is 1. The quantitative estimate of drug-likeness (QED) is 0.817. The standard InChI is InChI=1S/C15H22N2O4/c1-3-20-15(19)14-10(2)16-9-12(14)17-13(18)8-11-6-4-5-7-21-11/h9,11,16H,3-8H2,1-2H3,(H,17,18). The highest BCUT2D eigenvalue weighted by Crippen LogP contribution is 2.22. The van der Waals surface area contributed by atoms with Crippen molar-refractivity contribution in [2.24, 2.45) is 0 Å². The van der Waals surface area contributed by atoms with E-state index in [-0.39, 0.29) is 12.0 Å². The molecule has 6 nitrogen and oxygen atoms in total. The van der Waals surface area contributed by atoms with Gasteiger partial charge in [-0.15, -0.1) is 0 Å². The Bertz CT molecular complexity index is 504. The maximum Gasteiger partial charge on any atom is 0.342 e. The molecular weight excluding hydrogens is 272 g/mol. The van der Waals surface area contributed by atoms with E-state index in [4.69, 9.17) is 9.47 Å². The summed E-state index contributed by atoms with van der Waals surface area (Å²) < 4.78 is 10.6. The average molecular weight is 294 g/mol. The lowest BCUT2D eigenvalue weighted by atomic mass is 10.1. The molecule has 0 bridgehead atoms. The number of ether oxygens (including phenoxy) is 2. The van der Waals surface area contributed by atoms with Crippen LogP contribution in [0.5, 0.6) is 0 Å². The van der Waals surface area contributed by atoms with Gasteiger partial charge in [0.25, 0.3) is 0 Å². The summed E-state index contributed by atoms with van der Waals surface area (Å²) in [5.74, 6) is -0.577. The number of rotatable bonds is 5. The molecule has 1 saturated heterocycles. The molecule has 1 amide bonds. The van der Waals surface area contributed by atoms with Crippen LogP contribution in [0.25, 0.3) is 0 Å². The maximum atomic E-state index is 12.1. The molecule has 1 aliphatic rings. The molecular formula is C15H22N2O4. The van der Waals surface area contributed by atoms with Crippen LogP contribution >= 0.6 is 0 Å². The molecule has 1 aliphatic heterocycles. The Kier molecular flexibility index (Phi) is 5.38. The van der Waals surface area contributed by atoms with Crippen LogP contribution in [-0.2, 0) is 14.3 Å². The molecule has 6 heteroatoms. The predicted molar refractivity (Wildman–Crippen MR) is 78.3 cm³/mol. The molecule has 0 spiro atoms. The van der Waals surface area contributed by atoms with Gasteiger partial charge in [0, 0.05) is 18.5 Å². The number of amides is 1. The number of carbonyl (C=O) groups is 2. The molecule has 1 atom stereocenters. The molecule has 116 valence electrons. The minimum Gasteiger partial charge on any atom is -0.462 e. The number of aryl methyl sites for hydroxylation is 1. The Labute approximate surface area is 124 Å². The molecule has 0 aromatic carbocycles. The number of nitrogens with one attached hydrogen (secondary N) is 2. The van der Waals surface area contributed by atoms with Gasteiger partial charge in [-0.25, -0.2) is 4.79 Å². The van der Waals surface area contributed by atoms with Crippen molar-refractivity contribution in [3.63, 3.8) is 0 Å². The second kappa shape index (κ2) is 7.26. The predicted octanol–water partition coefficient (Wildman–Crippen LogP) is 2.40. The number of H-pyrrole nitrogens is 1. The number of anilines is 1. The van der Waals surface area contributed by atoms with Gasteiger partial charge in [-0.2, -0.15) is 0 Å². The molecule has 0 aliphatic carbocycles. The van der Waals surface area contributed by atoms with Crippen molar-refractivity contribution < 1.29 is 19.1 Å². The number of carbonyl (C=O) groups excluding carboxylic acids is 2. The minimum absolute atomic E-state index is 0.0233. The van der Waals surface area contributed by atoms with Crippen LogP contribution in [0.2, 0.25) is 0 Å². The third-order valence-electron chi connectivity index (χ3n) is 3.52. The number of hydrogen-bond acceptors (Lipinski definition) is 4. The Morgan fingerprint density at radius 1 is 1.48 bits per heavy atom. The summed E-state index contributed by atoms with van der Waals surface area (Å²) in [5.41, 5.74) is 1.53. The SMILES string of the molecule is CCOC(=O)c1c(NC(=O)CC2CCCCO2)c[nH]c1C. The summed E-state index contributed by atoms with van der Waals surface area (Å²) >= 11 is 0. The molecule has 2 rings (SSSR count). The monoisotopic (exact) mass is 294 g/mol. The van der Waals surface area contributed by atoms with E-state index in [9.17, 15) is 9.59 Å². The summed E-state index contributed by atoms with van der Waals surface area (Å²) in [6, 6.07) is 0. The van der Waals surface area contributed by atoms with Gasteiger partial charge in [0.1, 0.15) is 5.56 Å². The molecule has 1 aromatic rings. The smallest absolute Gasteiger partial charge is 0.342 e. The highest BCUT2D eigenvalue weighted by atomic mass is 16.5. The van der Waals surface area contributed by atoms with E-state index in [2.05, 4.69) is 10.3 Å². The molecule has 1 fully saturated rings. The zero-order valence-electron chi connectivity index (χ0n) is 12.5. The van der Waals surface area contributed by atoms with Gasteiger partial charge in [0.2, 0.25) is 5.91 Å². The number of esters is 1. The fraction of sp³-hybridized carbons (Fsp3) is 0.600. The number of hydrogen-bond donors (Lipinski definition) is 2. The zero-order chi connectivity index (χ0) is 15.2. The van der Waals surface area contributed by atoms with Crippen LogP contribution in [-0.4, -0.2) is 36.2 Å². The molecule has 0 radical (unpaired) electrons. The summed E-state index contributed by atoms with van der Waals surface area (Å²) in [7, 11) is 0. The van der Waals surface area contributed by atoms with Gasteiger partial charge in [0.05, 0.1) is 24.8 Å². The van der Waals surface area contributed by atoms with Gasteiger partial charge in [-0.1, -0.05) is 0 Å². The largest absolute Gasteiger partial charge is 0.462 e. The summed E-state index contributed by atoms with van der Waals surface area (Å²) in [4.78, 5) is 26.9. The highest BCUT2D eigenvalue weighted by Gasteiger charge is 2.21. The first-order valence-electron chi connectivity index (χ1n) is 7.38. The van der Waals surface area contributed by atoms with Gasteiger partial charge in [0.15, 0.2) is 0 Å². The zero-order valence-corrected chi connectivity index (χ0v) is 12.5. The topological polar surface area (TPSA) is 80.4 Å². The van der Waals surface area contributed by atoms with Crippen molar-refractivity contribution in [1.82, 2.24) is 4.98 Å². The first kappa shape index (κ1) is 15.6.